The van der Waals surface area contributed by atoms with Crippen molar-refractivity contribution >= 4 is 23.6 Å². The lowest BCUT2D eigenvalue weighted by atomic mass is 10.2. The van der Waals surface area contributed by atoms with Gasteiger partial charge in [0, 0.05) is 25.8 Å². The Morgan fingerprint density at radius 2 is 2.37 bits per heavy atom. The van der Waals surface area contributed by atoms with E-state index in [4.69, 9.17) is 17.0 Å². The van der Waals surface area contributed by atoms with Gasteiger partial charge in [0.2, 0.25) is 0 Å². The lowest BCUT2D eigenvalue weighted by Crippen LogP contribution is -2.05. The van der Waals surface area contributed by atoms with Crippen LogP contribution in [0.15, 0.2) is 6.20 Å². The van der Waals surface area contributed by atoms with E-state index in [1.54, 1.807) is 18.4 Å². The van der Waals surface area contributed by atoms with Crippen molar-refractivity contribution in [2.75, 3.05) is 13.7 Å². The number of H-pyrrole nitrogens is 1. The standard InChI is InChI=1S/C12H18N4OS2/c1-4-8(2)16-11(14-15-12(16)18)9-7-13-10(19-9)5-6-17-3/h7-8H,4-6H2,1-3H3,(H,15,18). The van der Waals surface area contributed by atoms with Crippen LogP contribution in [0.1, 0.15) is 31.3 Å². The molecule has 0 aromatic carbocycles. The van der Waals surface area contributed by atoms with Crippen molar-refractivity contribution in [1.29, 1.82) is 0 Å². The van der Waals surface area contributed by atoms with Gasteiger partial charge in [-0.15, -0.1) is 11.3 Å². The molecule has 0 radical (unpaired) electrons. The van der Waals surface area contributed by atoms with E-state index in [0.717, 1.165) is 28.6 Å². The number of methoxy groups -OCH3 is 1. The summed E-state index contributed by atoms with van der Waals surface area (Å²) < 4.78 is 7.79. The summed E-state index contributed by atoms with van der Waals surface area (Å²) in [6.45, 7) is 4.97. The van der Waals surface area contributed by atoms with Crippen LogP contribution in [-0.4, -0.2) is 33.5 Å². The first kappa shape index (κ1) is 14.4. The molecule has 2 aromatic heterocycles. The molecule has 2 aromatic rings. The van der Waals surface area contributed by atoms with Crippen LogP contribution in [0, 0.1) is 4.77 Å². The molecule has 1 atom stereocenters. The van der Waals surface area contributed by atoms with Crippen LogP contribution < -0.4 is 0 Å². The largest absolute Gasteiger partial charge is 0.384 e. The third-order valence-corrected chi connectivity index (χ3v) is 4.37. The zero-order valence-corrected chi connectivity index (χ0v) is 13.0. The van der Waals surface area contributed by atoms with Crippen molar-refractivity contribution in [1.82, 2.24) is 19.7 Å². The number of hydrogen-bond donors (Lipinski definition) is 1. The number of ether oxygens (including phenoxy) is 1. The van der Waals surface area contributed by atoms with Crippen molar-refractivity contribution in [2.45, 2.75) is 32.7 Å². The van der Waals surface area contributed by atoms with E-state index in [-0.39, 0.29) is 0 Å². The monoisotopic (exact) mass is 298 g/mol. The van der Waals surface area contributed by atoms with E-state index in [1.807, 2.05) is 6.20 Å². The molecule has 5 nitrogen and oxygen atoms in total. The van der Waals surface area contributed by atoms with Gasteiger partial charge in [-0.25, -0.2) is 4.98 Å². The molecule has 0 saturated heterocycles. The van der Waals surface area contributed by atoms with Gasteiger partial charge in [0.15, 0.2) is 10.6 Å². The molecular weight excluding hydrogens is 280 g/mol. The van der Waals surface area contributed by atoms with Gasteiger partial charge in [0.25, 0.3) is 0 Å². The summed E-state index contributed by atoms with van der Waals surface area (Å²) in [6.07, 6.45) is 3.70. The average molecular weight is 298 g/mol. The highest BCUT2D eigenvalue weighted by molar-refractivity contribution is 7.71. The smallest absolute Gasteiger partial charge is 0.195 e. The normalized spacial score (nSPS) is 12.8. The first-order chi connectivity index (χ1) is 9.17. The molecule has 0 spiro atoms. The van der Waals surface area contributed by atoms with Crippen molar-refractivity contribution in [3.05, 3.63) is 16.0 Å². The third kappa shape index (κ3) is 3.10. The van der Waals surface area contributed by atoms with E-state index < -0.39 is 0 Å². The molecule has 104 valence electrons. The summed E-state index contributed by atoms with van der Waals surface area (Å²) in [5.74, 6) is 0.875. The summed E-state index contributed by atoms with van der Waals surface area (Å²) in [5, 5.41) is 8.26. The van der Waals surface area contributed by atoms with Gasteiger partial charge < -0.3 is 4.74 Å². The number of nitrogens with one attached hydrogen (secondary N) is 1. The Kier molecular flexibility index (Phi) is 4.84. The van der Waals surface area contributed by atoms with E-state index >= 15 is 0 Å². The van der Waals surface area contributed by atoms with E-state index in [2.05, 4.69) is 33.6 Å². The van der Waals surface area contributed by atoms with E-state index in [9.17, 15) is 0 Å². The van der Waals surface area contributed by atoms with Crippen molar-refractivity contribution < 1.29 is 4.74 Å². The highest BCUT2D eigenvalue weighted by Gasteiger charge is 2.15. The minimum Gasteiger partial charge on any atom is -0.384 e. The Morgan fingerprint density at radius 3 is 3.05 bits per heavy atom. The van der Waals surface area contributed by atoms with Crippen LogP contribution in [0.4, 0.5) is 0 Å². The average Bonchev–Trinajstić information content (AvgIpc) is 3.01. The highest BCUT2D eigenvalue weighted by Crippen LogP contribution is 2.27. The van der Waals surface area contributed by atoms with Crippen LogP contribution in [0.5, 0.6) is 0 Å². The van der Waals surface area contributed by atoms with Crippen molar-refractivity contribution in [3.8, 4) is 10.7 Å². The number of hydrogen-bond acceptors (Lipinski definition) is 5. The Bertz CT molecular complexity index is 587. The van der Waals surface area contributed by atoms with Crippen molar-refractivity contribution in [3.63, 3.8) is 0 Å². The minimum absolute atomic E-state index is 0.325. The molecule has 7 heteroatoms. The summed E-state index contributed by atoms with van der Waals surface area (Å²) >= 11 is 6.94. The Labute approximate surface area is 121 Å². The van der Waals surface area contributed by atoms with E-state index in [0.29, 0.717) is 17.4 Å². The van der Waals surface area contributed by atoms with Crippen LogP contribution in [0.2, 0.25) is 0 Å². The van der Waals surface area contributed by atoms with Crippen LogP contribution >= 0.6 is 23.6 Å². The quantitative estimate of drug-likeness (QED) is 0.832. The maximum atomic E-state index is 5.30. The number of aromatic amines is 1. The molecule has 0 saturated carbocycles. The summed E-state index contributed by atoms with van der Waals surface area (Å²) in [5.41, 5.74) is 0. The maximum Gasteiger partial charge on any atom is 0.195 e. The zero-order chi connectivity index (χ0) is 13.8. The fraction of sp³-hybridized carbons (Fsp3) is 0.583. The van der Waals surface area contributed by atoms with Gasteiger partial charge in [-0.3, -0.25) is 9.67 Å². The fourth-order valence-corrected chi connectivity index (χ4v) is 2.99. The van der Waals surface area contributed by atoms with Crippen molar-refractivity contribution in [2.24, 2.45) is 0 Å². The number of rotatable bonds is 6. The lowest BCUT2D eigenvalue weighted by molar-refractivity contribution is 0.202. The minimum atomic E-state index is 0.325. The molecule has 2 rings (SSSR count). The van der Waals surface area contributed by atoms with Gasteiger partial charge in [-0.1, -0.05) is 6.92 Å². The third-order valence-electron chi connectivity index (χ3n) is 3.03. The molecule has 0 aliphatic rings. The van der Waals surface area contributed by atoms with E-state index in [1.165, 1.54) is 0 Å². The maximum absolute atomic E-state index is 5.30. The molecule has 1 unspecified atom stereocenters. The second-order valence-corrected chi connectivity index (χ2v) is 5.84. The number of nitrogens with zero attached hydrogens (tertiary/aromatic N) is 3. The summed E-state index contributed by atoms with van der Waals surface area (Å²) in [7, 11) is 1.70. The molecule has 19 heavy (non-hydrogen) atoms. The van der Waals surface area contributed by atoms with Crippen LogP contribution in [-0.2, 0) is 11.2 Å². The summed E-state index contributed by atoms with van der Waals surface area (Å²) in [6, 6.07) is 0.325. The Balaban J connectivity index is 2.31. The molecule has 0 amide bonds. The second-order valence-electron chi connectivity index (χ2n) is 4.34. The van der Waals surface area contributed by atoms with Gasteiger partial charge in [-0.05, 0) is 25.6 Å². The second kappa shape index (κ2) is 6.40. The molecule has 0 aliphatic heterocycles. The lowest BCUT2D eigenvalue weighted by Gasteiger charge is -2.11. The predicted molar refractivity (Wildman–Crippen MR) is 79.1 cm³/mol. The molecule has 0 fully saturated rings. The number of thiazole rings is 1. The predicted octanol–water partition coefficient (Wildman–Crippen LogP) is 3.22. The van der Waals surface area contributed by atoms with Crippen LogP contribution in [0.25, 0.3) is 10.7 Å². The molecular formula is C12H18N4OS2. The summed E-state index contributed by atoms with van der Waals surface area (Å²) in [4.78, 5) is 5.44. The first-order valence-corrected chi connectivity index (χ1v) is 7.50. The van der Waals surface area contributed by atoms with Gasteiger partial charge in [-0.2, -0.15) is 5.10 Å². The molecule has 2 heterocycles. The molecule has 0 aliphatic carbocycles. The zero-order valence-electron chi connectivity index (χ0n) is 11.3. The topological polar surface area (TPSA) is 55.7 Å². The highest BCUT2D eigenvalue weighted by atomic mass is 32.1. The molecule has 0 bridgehead atoms. The van der Waals surface area contributed by atoms with Gasteiger partial charge in [0.05, 0.1) is 16.5 Å². The van der Waals surface area contributed by atoms with Gasteiger partial charge in [0.1, 0.15) is 0 Å². The fourth-order valence-electron chi connectivity index (χ4n) is 1.79. The van der Waals surface area contributed by atoms with Gasteiger partial charge >= 0.3 is 0 Å². The SMILES string of the molecule is CCC(C)n1c(-c2cnc(CCOC)s2)n[nH]c1=S. The number of aromatic nitrogens is 4. The first-order valence-electron chi connectivity index (χ1n) is 6.28. The molecule has 1 N–H and O–H groups in total. The van der Waals surface area contributed by atoms with Crippen LogP contribution in [0.3, 0.4) is 0 Å². The Morgan fingerprint density at radius 1 is 1.58 bits per heavy atom. The Hall–Kier alpha value is -1.05.